The molecule has 14 heavy (non-hydrogen) atoms. The van der Waals surface area contributed by atoms with Crippen molar-refractivity contribution in [3.8, 4) is 0 Å². The topological polar surface area (TPSA) is 20.2 Å². The summed E-state index contributed by atoms with van der Waals surface area (Å²) in [5.41, 5.74) is 0. The highest BCUT2D eigenvalue weighted by molar-refractivity contribution is 4.92. The molecule has 2 aliphatic carbocycles. The van der Waals surface area contributed by atoms with Gasteiger partial charge in [-0.05, 0) is 24.7 Å². The Morgan fingerprint density at radius 3 is 2.07 bits per heavy atom. The van der Waals surface area contributed by atoms with E-state index < -0.39 is 12.0 Å². The fourth-order valence-corrected chi connectivity index (χ4v) is 2.81. The SMILES string of the molecule is OC(C1CCCCC1)C1CC(F)(F)C1. The first kappa shape index (κ1) is 10.3. The van der Waals surface area contributed by atoms with E-state index >= 15 is 0 Å². The lowest BCUT2D eigenvalue weighted by Gasteiger charge is -2.41. The predicted molar refractivity (Wildman–Crippen MR) is 50.3 cm³/mol. The quantitative estimate of drug-likeness (QED) is 0.733. The van der Waals surface area contributed by atoms with Crippen LogP contribution in [0.15, 0.2) is 0 Å². The van der Waals surface area contributed by atoms with Gasteiger partial charge in [0.1, 0.15) is 0 Å². The third-order valence-electron chi connectivity index (χ3n) is 3.74. The summed E-state index contributed by atoms with van der Waals surface area (Å²) in [7, 11) is 0. The van der Waals surface area contributed by atoms with E-state index in [0.29, 0.717) is 5.92 Å². The molecular weight excluding hydrogens is 186 g/mol. The number of alkyl halides is 2. The number of hydrogen-bond donors (Lipinski definition) is 1. The van der Waals surface area contributed by atoms with Crippen LogP contribution in [0.3, 0.4) is 0 Å². The summed E-state index contributed by atoms with van der Waals surface area (Å²) in [5.74, 6) is -2.32. The first-order chi connectivity index (χ1) is 6.58. The van der Waals surface area contributed by atoms with Crippen molar-refractivity contribution in [1.82, 2.24) is 0 Å². The van der Waals surface area contributed by atoms with E-state index in [0.717, 1.165) is 25.7 Å². The minimum Gasteiger partial charge on any atom is -0.393 e. The van der Waals surface area contributed by atoms with Crippen LogP contribution >= 0.6 is 0 Å². The molecule has 0 aromatic heterocycles. The first-order valence-electron chi connectivity index (χ1n) is 5.64. The van der Waals surface area contributed by atoms with Crippen molar-refractivity contribution in [1.29, 1.82) is 0 Å². The molecule has 2 fully saturated rings. The molecule has 1 unspecified atom stereocenters. The van der Waals surface area contributed by atoms with Crippen molar-refractivity contribution in [3.05, 3.63) is 0 Å². The monoisotopic (exact) mass is 204 g/mol. The molecular formula is C11H18F2O. The molecule has 1 N–H and O–H groups in total. The van der Waals surface area contributed by atoms with Crippen molar-refractivity contribution in [2.45, 2.75) is 57.0 Å². The van der Waals surface area contributed by atoms with Gasteiger partial charge in [-0.25, -0.2) is 8.78 Å². The molecule has 0 heterocycles. The Labute approximate surface area is 83.5 Å². The predicted octanol–water partition coefficient (Wildman–Crippen LogP) is 2.97. The molecule has 0 aromatic rings. The smallest absolute Gasteiger partial charge is 0.248 e. The molecule has 3 heteroatoms. The van der Waals surface area contributed by atoms with Gasteiger partial charge in [0.05, 0.1) is 6.10 Å². The molecule has 82 valence electrons. The fraction of sp³-hybridized carbons (Fsp3) is 1.00. The van der Waals surface area contributed by atoms with Crippen LogP contribution in [0, 0.1) is 11.8 Å². The number of aliphatic hydroxyl groups is 1. The zero-order valence-corrected chi connectivity index (χ0v) is 8.38. The van der Waals surface area contributed by atoms with Crippen molar-refractivity contribution < 1.29 is 13.9 Å². The number of rotatable bonds is 2. The lowest BCUT2D eigenvalue weighted by atomic mass is 9.71. The van der Waals surface area contributed by atoms with Gasteiger partial charge in [-0.2, -0.15) is 0 Å². The molecule has 0 amide bonds. The normalized spacial score (nSPS) is 31.1. The maximum absolute atomic E-state index is 12.6. The van der Waals surface area contributed by atoms with Crippen molar-refractivity contribution in [2.24, 2.45) is 11.8 Å². The summed E-state index contributed by atoms with van der Waals surface area (Å²) >= 11 is 0. The number of hydrogen-bond acceptors (Lipinski definition) is 1. The van der Waals surface area contributed by atoms with Crippen molar-refractivity contribution in [3.63, 3.8) is 0 Å². The molecule has 0 saturated heterocycles. The second kappa shape index (κ2) is 3.76. The summed E-state index contributed by atoms with van der Waals surface area (Å²) in [6, 6.07) is 0. The number of aliphatic hydroxyl groups excluding tert-OH is 1. The summed E-state index contributed by atoms with van der Waals surface area (Å²) in [6.07, 6.45) is 4.97. The summed E-state index contributed by atoms with van der Waals surface area (Å²) in [6.45, 7) is 0. The van der Waals surface area contributed by atoms with Crippen molar-refractivity contribution >= 4 is 0 Å². The summed E-state index contributed by atoms with van der Waals surface area (Å²) in [4.78, 5) is 0. The third kappa shape index (κ3) is 2.08. The number of halogens is 2. The van der Waals surface area contributed by atoms with Gasteiger partial charge < -0.3 is 5.11 Å². The Hall–Kier alpha value is -0.180. The minimum absolute atomic E-state index is 0.0926. The van der Waals surface area contributed by atoms with Crippen LogP contribution in [0.25, 0.3) is 0 Å². The second-order valence-electron chi connectivity index (χ2n) is 4.91. The van der Waals surface area contributed by atoms with Crippen LogP contribution in [0.4, 0.5) is 8.78 Å². The maximum Gasteiger partial charge on any atom is 0.248 e. The van der Waals surface area contributed by atoms with E-state index in [1.165, 1.54) is 6.42 Å². The van der Waals surface area contributed by atoms with Crippen LogP contribution in [0.5, 0.6) is 0 Å². The van der Waals surface area contributed by atoms with Crippen LogP contribution < -0.4 is 0 Å². The lowest BCUT2D eigenvalue weighted by Crippen LogP contribution is -2.45. The van der Waals surface area contributed by atoms with Crippen LogP contribution in [0.1, 0.15) is 44.9 Å². The van der Waals surface area contributed by atoms with Gasteiger partial charge in [-0.3, -0.25) is 0 Å². The van der Waals surface area contributed by atoms with Crippen LogP contribution in [-0.4, -0.2) is 17.1 Å². The highest BCUT2D eigenvalue weighted by Crippen LogP contribution is 2.46. The van der Waals surface area contributed by atoms with Crippen LogP contribution in [-0.2, 0) is 0 Å². The minimum atomic E-state index is -2.49. The van der Waals surface area contributed by atoms with E-state index in [-0.39, 0.29) is 18.8 Å². The molecule has 0 spiro atoms. The largest absolute Gasteiger partial charge is 0.393 e. The highest BCUT2D eigenvalue weighted by Gasteiger charge is 2.49. The highest BCUT2D eigenvalue weighted by atomic mass is 19.3. The van der Waals surface area contributed by atoms with Gasteiger partial charge in [0.15, 0.2) is 0 Å². The summed E-state index contributed by atoms with van der Waals surface area (Å²) < 4.78 is 25.2. The molecule has 0 radical (unpaired) electrons. The first-order valence-corrected chi connectivity index (χ1v) is 5.64. The van der Waals surface area contributed by atoms with Gasteiger partial charge in [-0.15, -0.1) is 0 Å². The van der Waals surface area contributed by atoms with Crippen molar-refractivity contribution in [2.75, 3.05) is 0 Å². The Morgan fingerprint density at radius 1 is 1.00 bits per heavy atom. The molecule has 1 nitrogen and oxygen atoms in total. The van der Waals surface area contributed by atoms with Gasteiger partial charge in [0.2, 0.25) is 5.92 Å². The fourth-order valence-electron chi connectivity index (χ4n) is 2.81. The average Bonchev–Trinajstić information content (AvgIpc) is 2.14. The Morgan fingerprint density at radius 2 is 1.57 bits per heavy atom. The Balaban J connectivity index is 1.80. The van der Waals surface area contributed by atoms with E-state index in [1.54, 1.807) is 0 Å². The molecule has 0 bridgehead atoms. The van der Waals surface area contributed by atoms with E-state index in [1.807, 2.05) is 0 Å². The maximum atomic E-state index is 12.6. The lowest BCUT2D eigenvalue weighted by molar-refractivity contribution is -0.152. The van der Waals surface area contributed by atoms with Gasteiger partial charge in [0.25, 0.3) is 0 Å². The Kier molecular flexibility index (Phi) is 2.78. The Bertz CT molecular complexity index is 191. The third-order valence-corrected chi connectivity index (χ3v) is 3.74. The van der Waals surface area contributed by atoms with Gasteiger partial charge in [-0.1, -0.05) is 19.3 Å². The molecule has 0 aliphatic heterocycles. The molecule has 0 aromatic carbocycles. The van der Waals surface area contributed by atoms with Crippen LogP contribution in [0.2, 0.25) is 0 Å². The van der Waals surface area contributed by atoms with E-state index in [2.05, 4.69) is 0 Å². The molecule has 2 saturated carbocycles. The zero-order chi connectivity index (χ0) is 10.2. The van der Waals surface area contributed by atoms with E-state index in [9.17, 15) is 13.9 Å². The van der Waals surface area contributed by atoms with Gasteiger partial charge >= 0.3 is 0 Å². The zero-order valence-electron chi connectivity index (χ0n) is 8.38. The van der Waals surface area contributed by atoms with Gasteiger partial charge in [0, 0.05) is 12.8 Å². The van der Waals surface area contributed by atoms with E-state index in [4.69, 9.17) is 0 Å². The molecule has 2 aliphatic rings. The average molecular weight is 204 g/mol. The summed E-state index contributed by atoms with van der Waals surface area (Å²) in [5, 5.41) is 9.89. The molecule has 2 rings (SSSR count). The second-order valence-corrected chi connectivity index (χ2v) is 4.91. The molecule has 1 atom stereocenters. The standard InChI is InChI=1S/C11H18F2O/c12-11(13)6-9(7-11)10(14)8-4-2-1-3-5-8/h8-10,14H,1-7H2.